The minimum Gasteiger partial charge on any atom is -0.308 e. The lowest BCUT2D eigenvalue weighted by molar-refractivity contribution is 0.0103. The van der Waals surface area contributed by atoms with Crippen LogP contribution in [0.4, 0.5) is 0 Å². The van der Waals surface area contributed by atoms with Gasteiger partial charge in [0.15, 0.2) is 0 Å². The summed E-state index contributed by atoms with van der Waals surface area (Å²) in [4.78, 5) is 2.80. The van der Waals surface area contributed by atoms with Gasteiger partial charge in [-0.1, -0.05) is 13.8 Å². The fourth-order valence-electron chi connectivity index (χ4n) is 3.16. The number of hydrogen-bond acceptors (Lipinski definition) is 3. The second kappa shape index (κ2) is 5.72. The number of rotatable bonds is 6. The van der Waals surface area contributed by atoms with Crippen molar-refractivity contribution in [2.45, 2.75) is 58.0 Å². The zero-order chi connectivity index (χ0) is 13.2. The summed E-state index contributed by atoms with van der Waals surface area (Å²) >= 11 is 2.08. The third-order valence-electron chi connectivity index (χ3n) is 5.08. The van der Waals surface area contributed by atoms with Gasteiger partial charge in [0, 0.05) is 36.5 Å². The van der Waals surface area contributed by atoms with Crippen LogP contribution >= 0.6 is 11.8 Å². The highest BCUT2D eigenvalue weighted by atomic mass is 32.2. The normalized spacial score (nSPS) is 38.0. The van der Waals surface area contributed by atoms with Gasteiger partial charge in [0.2, 0.25) is 0 Å². The van der Waals surface area contributed by atoms with Crippen molar-refractivity contribution in [3.05, 3.63) is 0 Å². The van der Waals surface area contributed by atoms with Crippen molar-refractivity contribution in [2.24, 2.45) is 5.92 Å². The van der Waals surface area contributed by atoms with Gasteiger partial charge in [-0.15, -0.1) is 0 Å². The zero-order valence-electron chi connectivity index (χ0n) is 12.6. The molecule has 1 aliphatic heterocycles. The first-order valence-corrected chi connectivity index (χ1v) is 8.77. The van der Waals surface area contributed by atoms with Gasteiger partial charge < -0.3 is 5.32 Å². The van der Waals surface area contributed by atoms with E-state index in [9.17, 15) is 0 Å². The lowest BCUT2D eigenvalue weighted by atomic mass is 9.84. The molecule has 2 fully saturated rings. The Bertz CT molecular complexity index is 280. The molecule has 2 atom stereocenters. The minimum atomic E-state index is 0.325. The van der Waals surface area contributed by atoms with Crippen molar-refractivity contribution in [3.63, 3.8) is 0 Å². The molecule has 0 bridgehead atoms. The number of nitrogens with zero attached hydrogens (tertiary/aromatic N) is 1. The monoisotopic (exact) mass is 270 g/mol. The third kappa shape index (κ3) is 3.05. The van der Waals surface area contributed by atoms with E-state index >= 15 is 0 Å². The highest BCUT2D eigenvalue weighted by molar-refractivity contribution is 7.99. The maximum Gasteiger partial charge on any atom is 0.0335 e. The Morgan fingerprint density at radius 1 is 1.28 bits per heavy atom. The van der Waals surface area contributed by atoms with Crippen LogP contribution in [0.25, 0.3) is 0 Å². The lowest BCUT2D eigenvalue weighted by Crippen LogP contribution is -2.69. The molecule has 1 saturated heterocycles. The molecule has 1 N–H and O–H groups in total. The molecule has 2 unspecified atom stereocenters. The standard InChI is InChI=1S/C15H30N2S/c1-5-14(3)12-17(9-10-18-6-2)15(4,11-16-14)13-7-8-13/h13,16H,5-12H2,1-4H3. The van der Waals surface area contributed by atoms with E-state index in [4.69, 9.17) is 0 Å². The van der Waals surface area contributed by atoms with Crippen LogP contribution in [0.3, 0.4) is 0 Å². The molecule has 0 amide bonds. The van der Waals surface area contributed by atoms with Crippen molar-refractivity contribution in [3.8, 4) is 0 Å². The zero-order valence-corrected chi connectivity index (χ0v) is 13.4. The van der Waals surface area contributed by atoms with E-state index < -0.39 is 0 Å². The van der Waals surface area contributed by atoms with E-state index in [-0.39, 0.29) is 0 Å². The summed E-state index contributed by atoms with van der Waals surface area (Å²) in [7, 11) is 0. The summed E-state index contributed by atoms with van der Waals surface area (Å²) in [5, 5.41) is 3.83. The summed E-state index contributed by atoms with van der Waals surface area (Å²) in [6, 6.07) is 0. The van der Waals surface area contributed by atoms with E-state index in [0.717, 1.165) is 5.92 Å². The molecule has 18 heavy (non-hydrogen) atoms. The summed E-state index contributed by atoms with van der Waals surface area (Å²) in [5.41, 5.74) is 0.744. The largest absolute Gasteiger partial charge is 0.308 e. The van der Waals surface area contributed by atoms with Crippen LogP contribution in [-0.2, 0) is 0 Å². The van der Waals surface area contributed by atoms with Crippen molar-refractivity contribution < 1.29 is 0 Å². The fraction of sp³-hybridized carbons (Fsp3) is 1.00. The molecule has 2 nitrogen and oxygen atoms in total. The second-order valence-corrected chi connectivity index (χ2v) is 7.91. The average Bonchev–Trinajstić information content (AvgIpc) is 3.19. The van der Waals surface area contributed by atoms with Crippen LogP contribution in [-0.4, -0.2) is 47.1 Å². The summed E-state index contributed by atoms with van der Waals surface area (Å²) < 4.78 is 0. The third-order valence-corrected chi connectivity index (χ3v) is 5.96. The Morgan fingerprint density at radius 2 is 2.00 bits per heavy atom. The van der Waals surface area contributed by atoms with Crippen molar-refractivity contribution in [1.82, 2.24) is 10.2 Å². The van der Waals surface area contributed by atoms with E-state index in [1.165, 1.54) is 50.4 Å². The van der Waals surface area contributed by atoms with Gasteiger partial charge in [0.25, 0.3) is 0 Å². The number of hydrogen-bond donors (Lipinski definition) is 1. The molecule has 3 heteroatoms. The predicted octanol–water partition coefficient (Wildman–Crippen LogP) is 2.98. The molecule has 1 aliphatic carbocycles. The molecule has 0 aromatic rings. The Kier molecular flexibility index (Phi) is 4.66. The van der Waals surface area contributed by atoms with Crippen molar-refractivity contribution >= 4 is 11.8 Å². The molecule has 0 aromatic carbocycles. The Balaban J connectivity index is 2.01. The fourth-order valence-corrected chi connectivity index (χ4v) is 3.80. The SMILES string of the molecule is CCSCCN1CC(C)(CC)NCC1(C)C1CC1. The first-order chi connectivity index (χ1) is 8.54. The molecular weight excluding hydrogens is 240 g/mol. The van der Waals surface area contributed by atoms with E-state index in [1.807, 2.05) is 0 Å². The molecular formula is C15H30N2S. The molecule has 1 heterocycles. The van der Waals surface area contributed by atoms with E-state index in [2.05, 4.69) is 49.7 Å². The van der Waals surface area contributed by atoms with E-state index in [1.54, 1.807) is 0 Å². The highest BCUT2D eigenvalue weighted by Crippen LogP contribution is 2.45. The number of thioether (sulfide) groups is 1. The summed E-state index contributed by atoms with van der Waals surface area (Å²) in [6.07, 6.45) is 4.11. The van der Waals surface area contributed by atoms with Gasteiger partial charge in [0.05, 0.1) is 0 Å². The molecule has 0 aromatic heterocycles. The Labute approximate surface area is 117 Å². The maximum absolute atomic E-state index is 3.83. The molecule has 0 radical (unpaired) electrons. The van der Waals surface area contributed by atoms with Gasteiger partial charge in [0.1, 0.15) is 0 Å². The summed E-state index contributed by atoms with van der Waals surface area (Å²) in [6.45, 7) is 13.1. The predicted molar refractivity (Wildman–Crippen MR) is 82.4 cm³/mol. The topological polar surface area (TPSA) is 15.3 Å². The molecule has 0 spiro atoms. The smallest absolute Gasteiger partial charge is 0.0335 e. The first kappa shape index (κ1) is 14.7. The van der Waals surface area contributed by atoms with Gasteiger partial charge >= 0.3 is 0 Å². The van der Waals surface area contributed by atoms with Crippen LogP contribution in [0.15, 0.2) is 0 Å². The minimum absolute atomic E-state index is 0.325. The van der Waals surface area contributed by atoms with Crippen molar-refractivity contribution in [1.29, 1.82) is 0 Å². The average molecular weight is 270 g/mol. The Hall–Kier alpha value is 0.270. The maximum atomic E-state index is 3.83. The van der Waals surface area contributed by atoms with E-state index in [0.29, 0.717) is 11.1 Å². The first-order valence-electron chi connectivity index (χ1n) is 7.62. The van der Waals surface area contributed by atoms with Gasteiger partial charge in [-0.3, -0.25) is 4.90 Å². The van der Waals surface area contributed by atoms with Crippen LogP contribution < -0.4 is 5.32 Å². The Morgan fingerprint density at radius 3 is 2.56 bits per heavy atom. The van der Waals surface area contributed by atoms with Crippen LogP contribution in [0.2, 0.25) is 0 Å². The van der Waals surface area contributed by atoms with Gasteiger partial charge in [-0.05, 0) is 44.8 Å². The van der Waals surface area contributed by atoms with Crippen LogP contribution in [0.5, 0.6) is 0 Å². The van der Waals surface area contributed by atoms with Crippen LogP contribution in [0.1, 0.15) is 47.0 Å². The lowest BCUT2D eigenvalue weighted by Gasteiger charge is -2.52. The summed E-state index contributed by atoms with van der Waals surface area (Å²) in [5.74, 6) is 3.48. The molecule has 1 saturated carbocycles. The quantitative estimate of drug-likeness (QED) is 0.747. The highest BCUT2D eigenvalue weighted by Gasteiger charge is 2.49. The van der Waals surface area contributed by atoms with Gasteiger partial charge in [-0.2, -0.15) is 11.8 Å². The van der Waals surface area contributed by atoms with Gasteiger partial charge in [-0.25, -0.2) is 0 Å². The van der Waals surface area contributed by atoms with Crippen molar-refractivity contribution in [2.75, 3.05) is 31.1 Å². The number of piperazine rings is 1. The second-order valence-electron chi connectivity index (χ2n) is 6.52. The number of nitrogens with one attached hydrogen (secondary N) is 1. The molecule has 2 rings (SSSR count). The van der Waals surface area contributed by atoms with Crippen LogP contribution in [0, 0.1) is 5.92 Å². The molecule has 106 valence electrons. The molecule has 2 aliphatic rings.